The Morgan fingerprint density at radius 1 is 1.33 bits per heavy atom. The van der Waals surface area contributed by atoms with Crippen LogP contribution in [-0.4, -0.2) is 68.1 Å². The lowest BCUT2D eigenvalue weighted by Gasteiger charge is -2.29. The molecule has 0 aromatic rings. The van der Waals surface area contributed by atoms with Crippen molar-refractivity contribution in [2.24, 2.45) is 0 Å². The minimum Gasteiger partial charge on any atom is -0.481 e. The van der Waals surface area contributed by atoms with Crippen molar-refractivity contribution in [3.05, 3.63) is 12.7 Å². The van der Waals surface area contributed by atoms with Gasteiger partial charge < -0.3 is 19.3 Å². The average molecular weight is 303 g/mol. The lowest BCUT2D eigenvalue weighted by molar-refractivity contribution is -0.142. The number of amides is 1. The monoisotopic (exact) mass is 303 g/mol. The zero-order valence-electron chi connectivity index (χ0n) is 12.2. The second-order valence-corrected chi connectivity index (χ2v) is 4.11. The number of hydrogen-bond acceptors (Lipinski definition) is 6. The van der Waals surface area contributed by atoms with Gasteiger partial charge in [0.2, 0.25) is 0 Å². The molecule has 1 atom stereocenters. The van der Waals surface area contributed by atoms with Crippen LogP contribution < -0.4 is 0 Å². The molecule has 0 bridgehead atoms. The highest BCUT2D eigenvalue weighted by molar-refractivity contribution is 5.78. The van der Waals surface area contributed by atoms with Gasteiger partial charge in [0.25, 0.3) is 0 Å². The van der Waals surface area contributed by atoms with Crippen molar-refractivity contribution in [2.75, 3.05) is 34.0 Å². The minimum atomic E-state index is -1.01. The molecular weight excluding hydrogens is 282 g/mol. The molecule has 0 saturated heterocycles. The van der Waals surface area contributed by atoms with E-state index in [4.69, 9.17) is 14.6 Å². The fourth-order valence-corrected chi connectivity index (χ4v) is 1.57. The molecule has 0 fully saturated rings. The summed E-state index contributed by atoms with van der Waals surface area (Å²) < 4.78 is 14.4. The summed E-state index contributed by atoms with van der Waals surface area (Å²) in [7, 11) is 2.61. The summed E-state index contributed by atoms with van der Waals surface area (Å²) >= 11 is 0. The quantitative estimate of drug-likeness (QED) is 0.467. The molecular formula is C13H21NO7. The highest BCUT2D eigenvalue weighted by Gasteiger charge is 2.28. The van der Waals surface area contributed by atoms with Gasteiger partial charge in [0, 0.05) is 13.5 Å². The summed E-state index contributed by atoms with van der Waals surface area (Å²) in [5.41, 5.74) is 0. The molecule has 0 aromatic carbocycles. The second-order valence-electron chi connectivity index (χ2n) is 4.11. The van der Waals surface area contributed by atoms with E-state index in [0.717, 1.165) is 4.90 Å². The Kier molecular flexibility index (Phi) is 9.61. The number of nitrogens with zero attached hydrogens (tertiary/aromatic N) is 1. The van der Waals surface area contributed by atoms with E-state index in [2.05, 4.69) is 11.3 Å². The van der Waals surface area contributed by atoms with E-state index in [0.29, 0.717) is 0 Å². The van der Waals surface area contributed by atoms with Crippen LogP contribution in [0.4, 0.5) is 4.79 Å². The summed E-state index contributed by atoms with van der Waals surface area (Å²) in [6.45, 7) is 3.13. The van der Waals surface area contributed by atoms with Crippen molar-refractivity contribution in [1.82, 2.24) is 4.90 Å². The van der Waals surface area contributed by atoms with Crippen LogP contribution in [0.5, 0.6) is 0 Å². The first kappa shape index (κ1) is 18.9. The lowest BCUT2D eigenvalue weighted by Crippen LogP contribution is -2.46. The SMILES string of the molecule is C=CCOC(=O)N(CC(=O)OC)[C@@H](CCC(=O)O)COC. The molecule has 0 aromatic heterocycles. The standard InChI is InChI=1S/C13H21NO7/c1-4-7-21-13(18)14(8-12(17)20-3)10(9-19-2)5-6-11(15)16/h4,10H,1,5-9H2,2-3H3,(H,15,16)/t10-/m0/s1. The van der Waals surface area contributed by atoms with Crippen molar-refractivity contribution in [2.45, 2.75) is 18.9 Å². The number of ether oxygens (including phenoxy) is 3. The predicted molar refractivity (Wildman–Crippen MR) is 72.8 cm³/mol. The molecule has 0 unspecified atom stereocenters. The average Bonchev–Trinajstić information content (AvgIpc) is 2.46. The van der Waals surface area contributed by atoms with E-state index in [9.17, 15) is 14.4 Å². The number of rotatable bonds is 10. The lowest BCUT2D eigenvalue weighted by atomic mass is 10.1. The smallest absolute Gasteiger partial charge is 0.410 e. The normalized spacial score (nSPS) is 11.3. The van der Waals surface area contributed by atoms with Gasteiger partial charge in [-0.15, -0.1) is 0 Å². The number of methoxy groups -OCH3 is 2. The molecule has 0 spiro atoms. The molecule has 0 heterocycles. The van der Waals surface area contributed by atoms with Crippen LogP contribution in [0.2, 0.25) is 0 Å². The third-order valence-electron chi connectivity index (χ3n) is 2.58. The summed E-state index contributed by atoms with van der Waals surface area (Å²) in [5, 5.41) is 8.74. The van der Waals surface area contributed by atoms with Crippen LogP contribution in [0, 0.1) is 0 Å². The summed E-state index contributed by atoms with van der Waals surface area (Å²) in [5.74, 6) is -1.64. The van der Waals surface area contributed by atoms with Crippen molar-refractivity contribution in [3.63, 3.8) is 0 Å². The number of carboxylic acids is 1. The van der Waals surface area contributed by atoms with Crippen LogP contribution >= 0.6 is 0 Å². The predicted octanol–water partition coefficient (Wildman–Crippen LogP) is 0.664. The second kappa shape index (κ2) is 10.7. The Morgan fingerprint density at radius 2 is 2.00 bits per heavy atom. The summed E-state index contributed by atoms with van der Waals surface area (Å²) in [6.07, 6.45) is 0.591. The van der Waals surface area contributed by atoms with E-state index >= 15 is 0 Å². The van der Waals surface area contributed by atoms with Crippen molar-refractivity contribution >= 4 is 18.0 Å². The van der Waals surface area contributed by atoms with Crippen LogP contribution in [0.15, 0.2) is 12.7 Å². The largest absolute Gasteiger partial charge is 0.481 e. The van der Waals surface area contributed by atoms with E-state index in [1.54, 1.807) is 0 Å². The van der Waals surface area contributed by atoms with Gasteiger partial charge >= 0.3 is 18.0 Å². The molecule has 0 saturated carbocycles. The molecule has 1 amide bonds. The maximum atomic E-state index is 12.0. The third kappa shape index (κ3) is 7.93. The number of carbonyl (C=O) groups is 3. The first-order chi connectivity index (χ1) is 9.96. The van der Waals surface area contributed by atoms with Crippen LogP contribution in [-0.2, 0) is 23.8 Å². The molecule has 120 valence electrons. The van der Waals surface area contributed by atoms with E-state index in [1.165, 1.54) is 20.3 Å². The Bertz CT molecular complexity index is 370. The molecule has 0 aliphatic carbocycles. The Balaban J connectivity index is 4.96. The summed E-state index contributed by atoms with van der Waals surface area (Å²) in [6, 6.07) is -0.609. The Labute approximate surface area is 123 Å². The molecule has 21 heavy (non-hydrogen) atoms. The van der Waals surface area contributed by atoms with E-state index < -0.39 is 24.1 Å². The third-order valence-corrected chi connectivity index (χ3v) is 2.58. The summed E-state index contributed by atoms with van der Waals surface area (Å²) in [4.78, 5) is 35.1. The van der Waals surface area contributed by atoms with Gasteiger partial charge in [-0.1, -0.05) is 12.7 Å². The van der Waals surface area contributed by atoms with Gasteiger partial charge in [0.15, 0.2) is 0 Å². The van der Waals surface area contributed by atoms with Crippen molar-refractivity contribution in [3.8, 4) is 0 Å². The van der Waals surface area contributed by atoms with Crippen molar-refractivity contribution < 1.29 is 33.7 Å². The van der Waals surface area contributed by atoms with E-state index in [-0.39, 0.29) is 32.6 Å². The van der Waals surface area contributed by atoms with Crippen LogP contribution in [0.25, 0.3) is 0 Å². The number of hydrogen-bond donors (Lipinski definition) is 1. The fourth-order valence-electron chi connectivity index (χ4n) is 1.57. The molecule has 8 heteroatoms. The molecule has 8 nitrogen and oxygen atoms in total. The van der Waals surface area contributed by atoms with Crippen molar-refractivity contribution in [1.29, 1.82) is 0 Å². The zero-order valence-corrected chi connectivity index (χ0v) is 12.2. The first-order valence-electron chi connectivity index (χ1n) is 6.28. The maximum absolute atomic E-state index is 12.0. The number of carboxylic acid groups (broad SMARTS) is 1. The zero-order chi connectivity index (χ0) is 16.3. The molecule has 0 aliphatic heterocycles. The van der Waals surface area contributed by atoms with Crippen LogP contribution in [0.1, 0.15) is 12.8 Å². The van der Waals surface area contributed by atoms with Gasteiger partial charge in [0.1, 0.15) is 13.2 Å². The number of carbonyl (C=O) groups excluding carboxylic acids is 2. The highest BCUT2D eigenvalue weighted by Crippen LogP contribution is 2.11. The topological polar surface area (TPSA) is 102 Å². The first-order valence-corrected chi connectivity index (χ1v) is 6.28. The van der Waals surface area contributed by atoms with Gasteiger partial charge in [-0.2, -0.15) is 0 Å². The highest BCUT2D eigenvalue weighted by atomic mass is 16.6. The molecule has 0 aliphatic rings. The maximum Gasteiger partial charge on any atom is 0.410 e. The van der Waals surface area contributed by atoms with Crippen LogP contribution in [0.3, 0.4) is 0 Å². The van der Waals surface area contributed by atoms with E-state index in [1.807, 2.05) is 0 Å². The van der Waals surface area contributed by atoms with Gasteiger partial charge in [0.05, 0.1) is 19.8 Å². The van der Waals surface area contributed by atoms with Gasteiger partial charge in [-0.05, 0) is 6.42 Å². The molecule has 0 radical (unpaired) electrons. The van der Waals surface area contributed by atoms with Gasteiger partial charge in [-0.25, -0.2) is 4.79 Å². The minimum absolute atomic E-state index is 0.0187. The molecule has 0 rings (SSSR count). The molecule has 1 N–H and O–H groups in total. The van der Waals surface area contributed by atoms with Gasteiger partial charge in [-0.3, -0.25) is 14.5 Å². The Morgan fingerprint density at radius 3 is 2.48 bits per heavy atom. The number of aliphatic carboxylic acids is 1. The number of esters is 1. The Hall–Kier alpha value is -2.09. The fraction of sp³-hybridized carbons (Fsp3) is 0.615.